The van der Waals surface area contributed by atoms with E-state index >= 15 is 0 Å². The molecule has 2 N–H and O–H groups in total. The highest BCUT2D eigenvalue weighted by atomic mass is 16.5. The van der Waals surface area contributed by atoms with Crippen molar-refractivity contribution in [2.24, 2.45) is 5.92 Å². The molecule has 0 amide bonds. The smallest absolute Gasteiger partial charge is 0.335 e. The van der Waals surface area contributed by atoms with E-state index < -0.39 is 5.97 Å². The lowest BCUT2D eigenvalue weighted by atomic mass is 10.0. The third-order valence-corrected chi connectivity index (χ3v) is 3.37. The molecule has 1 aromatic carbocycles. The zero-order chi connectivity index (χ0) is 13.7. The van der Waals surface area contributed by atoms with Crippen LogP contribution in [0.3, 0.4) is 0 Å². The van der Waals surface area contributed by atoms with Crippen LogP contribution in [-0.2, 0) is 4.74 Å². The van der Waals surface area contributed by atoms with Crippen molar-refractivity contribution in [3.8, 4) is 5.75 Å². The number of carboxylic acids is 1. The van der Waals surface area contributed by atoms with Crippen LogP contribution in [0.2, 0.25) is 0 Å². The van der Waals surface area contributed by atoms with Crippen LogP contribution in [0.4, 0.5) is 5.69 Å². The third-order valence-electron chi connectivity index (χ3n) is 3.37. The van der Waals surface area contributed by atoms with Crippen LogP contribution in [-0.4, -0.2) is 37.9 Å². The largest absolute Gasteiger partial charge is 0.495 e. The van der Waals surface area contributed by atoms with Gasteiger partial charge in [0.1, 0.15) is 5.75 Å². The van der Waals surface area contributed by atoms with Crippen molar-refractivity contribution in [1.29, 1.82) is 0 Å². The quantitative estimate of drug-likeness (QED) is 0.854. The zero-order valence-corrected chi connectivity index (χ0v) is 11.0. The molecule has 0 atom stereocenters. The first-order valence-electron chi connectivity index (χ1n) is 6.43. The molecular formula is C14H19NO4. The van der Waals surface area contributed by atoms with E-state index in [0.717, 1.165) is 38.3 Å². The number of methoxy groups -OCH3 is 1. The van der Waals surface area contributed by atoms with Gasteiger partial charge in [0.25, 0.3) is 0 Å². The van der Waals surface area contributed by atoms with Crippen molar-refractivity contribution < 1.29 is 19.4 Å². The summed E-state index contributed by atoms with van der Waals surface area (Å²) in [5, 5.41) is 12.3. The number of hydrogen-bond acceptors (Lipinski definition) is 4. The van der Waals surface area contributed by atoms with E-state index in [9.17, 15) is 4.79 Å². The number of benzene rings is 1. The summed E-state index contributed by atoms with van der Waals surface area (Å²) < 4.78 is 10.6. The van der Waals surface area contributed by atoms with Crippen LogP contribution in [0.15, 0.2) is 18.2 Å². The number of carbonyl (C=O) groups is 1. The van der Waals surface area contributed by atoms with Gasteiger partial charge in [0.2, 0.25) is 0 Å². The summed E-state index contributed by atoms with van der Waals surface area (Å²) in [5.74, 6) is 0.292. The van der Waals surface area contributed by atoms with Crippen molar-refractivity contribution in [2.45, 2.75) is 12.8 Å². The van der Waals surface area contributed by atoms with Crippen LogP contribution < -0.4 is 10.1 Å². The van der Waals surface area contributed by atoms with E-state index in [0.29, 0.717) is 11.7 Å². The lowest BCUT2D eigenvalue weighted by molar-refractivity contribution is 0.0696. The Bertz CT molecular complexity index is 441. The molecule has 2 rings (SSSR count). The Kier molecular flexibility index (Phi) is 4.63. The molecule has 1 aliphatic rings. The van der Waals surface area contributed by atoms with E-state index in [-0.39, 0.29) is 5.56 Å². The molecule has 1 aliphatic heterocycles. The fraction of sp³-hybridized carbons (Fsp3) is 0.500. The monoisotopic (exact) mass is 265 g/mol. The minimum atomic E-state index is -0.934. The van der Waals surface area contributed by atoms with E-state index in [1.165, 1.54) is 0 Å². The van der Waals surface area contributed by atoms with Gasteiger partial charge < -0.3 is 19.9 Å². The first-order chi connectivity index (χ1) is 9.20. The van der Waals surface area contributed by atoms with Crippen molar-refractivity contribution in [1.82, 2.24) is 0 Å². The normalized spacial score (nSPS) is 16.1. The van der Waals surface area contributed by atoms with Crippen molar-refractivity contribution >= 4 is 11.7 Å². The maximum atomic E-state index is 11.0. The Morgan fingerprint density at radius 2 is 2.21 bits per heavy atom. The van der Waals surface area contributed by atoms with E-state index in [1.54, 1.807) is 25.3 Å². The Morgan fingerprint density at radius 1 is 1.47 bits per heavy atom. The number of ether oxygens (including phenoxy) is 2. The number of nitrogens with one attached hydrogen (secondary N) is 1. The minimum Gasteiger partial charge on any atom is -0.495 e. The fourth-order valence-corrected chi connectivity index (χ4v) is 2.18. The highest BCUT2D eigenvalue weighted by Gasteiger charge is 2.15. The van der Waals surface area contributed by atoms with Gasteiger partial charge in [0.15, 0.2) is 0 Å². The standard InChI is InChI=1S/C14H19NO4/c1-18-13-3-2-11(14(16)17)8-12(13)15-9-10-4-6-19-7-5-10/h2-3,8,10,15H,4-7,9H2,1H3,(H,16,17). The summed E-state index contributed by atoms with van der Waals surface area (Å²) in [4.78, 5) is 11.0. The molecule has 0 unspecified atom stereocenters. The maximum absolute atomic E-state index is 11.0. The molecule has 0 aromatic heterocycles. The number of rotatable bonds is 5. The number of carboxylic acid groups (broad SMARTS) is 1. The molecule has 1 saturated heterocycles. The van der Waals surface area contributed by atoms with Gasteiger partial charge in [-0.3, -0.25) is 0 Å². The molecule has 5 nitrogen and oxygen atoms in total. The molecule has 19 heavy (non-hydrogen) atoms. The Morgan fingerprint density at radius 3 is 2.84 bits per heavy atom. The van der Waals surface area contributed by atoms with E-state index in [1.807, 2.05) is 0 Å². The second-order valence-electron chi connectivity index (χ2n) is 4.66. The molecule has 1 aromatic rings. The van der Waals surface area contributed by atoms with Crippen LogP contribution >= 0.6 is 0 Å². The molecule has 0 spiro atoms. The molecule has 0 saturated carbocycles. The SMILES string of the molecule is COc1ccc(C(=O)O)cc1NCC1CCOCC1. The molecule has 1 heterocycles. The topological polar surface area (TPSA) is 67.8 Å². The predicted octanol–water partition coefficient (Wildman–Crippen LogP) is 2.23. The summed E-state index contributed by atoms with van der Waals surface area (Å²) in [7, 11) is 1.58. The van der Waals surface area contributed by atoms with Gasteiger partial charge >= 0.3 is 5.97 Å². The second-order valence-corrected chi connectivity index (χ2v) is 4.66. The zero-order valence-electron chi connectivity index (χ0n) is 11.0. The van der Waals surface area contributed by atoms with Gasteiger partial charge in [-0.25, -0.2) is 4.79 Å². The van der Waals surface area contributed by atoms with Gasteiger partial charge in [-0.05, 0) is 37.0 Å². The summed E-state index contributed by atoms with van der Waals surface area (Å²) in [6.07, 6.45) is 2.07. The summed E-state index contributed by atoms with van der Waals surface area (Å²) >= 11 is 0. The van der Waals surface area contributed by atoms with Gasteiger partial charge in [0.05, 0.1) is 18.4 Å². The average molecular weight is 265 g/mol. The number of aromatic carboxylic acids is 1. The first kappa shape index (κ1) is 13.7. The second kappa shape index (κ2) is 6.43. The maximum Gasteiger partial charge on any atom is 0.335 e. The highest BCUT2D eigenvalue weighted by molar-refractivity contribution is 5.89. The highest BCUT2D eigenvalue weighted by Crippen LogP contribution is 2.26. The van der Waals surface area contributed by atoms with Crippen LogP contribution in [0.25, 0.3) is 0 Å². The molecule has 0 aliphatic carbocycles. The Balaban J connectivity index is 2.04. The Hall–Kier alpha value is -1.75. The number of hydrogen-bond donors (Lipinski definition) is 2. The predicted molar refractivity (Wildman–Crippen MR) is 72.0 cm³/mol. The fourth-order valence-electron chi connectivity index (χ4n) is 2.18. The van der Waals surface area contributed by atoms with Gasteiger partial charge in [-0.15, -0.1) is 0 Å². The summed E-state index contributed by atoms with van der Waals surface area (Å²) in [5.41, 5.74) is 0.990. The lowest BCUT2D eigenvalue weighted by Gasteiger charge is -2.23. The minimum absolute atomic E-state index is 0.260. The van der Waals surface area contributed by atoms with Crippen molar-refractivity contribution in [3.63, 3.8) is 0 Å². The Labute approximate surface area is 112 Å². The summed E-state index contributed by atoms with van der Waals surface area (Å²) in [6, 6.07) is 4.83. The first-order valence-corrected chi connectivity index (χ1v) is 6.43. The molecule has 0 radical (unpaired) electrons. The van der Waals surface area contributed by atoms with Gasteiger partial charge in [0, 0.05) is 19.8 Å². The molecule has 5 heteroatoms. The molecular weight excluding hydrogens is 246 g/mol. The van der Waals surface area contributed by atoms with Gasteiger partial charge in [-0.2, -0.15) is 0 Å². The summed E-state index contributed by atoms with van der Waals surface area (Å²) in [6.45, 7) is 2.42. The third kappa shape index (κ3) is 3.61. The lowest BCUT2D eigenvalue weighted by Crippen LogP contribution is -2.22. The molecule has 104 valence electrons. The van der Waals surface area contributed by atoms with Gasteiger partial charge in [-0.1, -0.05) is 0 Å². The number of anilines is 1. The van der Waals surface area contributed by atoms with Crippen LogP contribution in [0.5, 0.6) is 5.75 Å². The van der Waals surface area contributed by atoms with E-state index in [2.05, 4.69) is 5.32 Å². The molecule has 1 fully saturated rings. The van der Waals surface area contributed by atoms with Crippen molar-refractivity contribution in [2.75, 3.05) is 32.2 Å². The van der Waals surface area contributed by atoms with Crippen molar-refractivity contribution in [3.05, 3.63) is 23.8 Å². The van der Waals surface area contributed by atoms with Crippen LogP contribution in [0.1, 0.15) is 23.2 Å². The van der Waals surface area contributed by atoms with E-state index in [4.69, 9.17) is 14.6 Å². The average Bonchev–Trinajstić information content (AvgIpc) is 2.45. The molecule has 0 bridgehead atoms. The van der Waals surface area contributed by atoms with Crippen LogP contribution in [0, 0.1) is 5.92 Å².